The smallest absolute Gasteiger partial charge is 0.326 e. The standard InChI is InChI=1S/C12H23NO3/c1-5-7-9(4)11(14)13-10(12(15)16)8(3)6-2/h8-10H,5-7H2,1-4H3,(H,13,14)(H,15,16). The van der Waals surface area contributed by atoms with Crippen molar-refractivity contribution in [2.75, 3.05) is 0 Å². The van der Waals surface area contributed by atoms with Gasteiger partial charge in [-0.2, -0.15) is 0 Å². The van der Waals surface area contributed by atoms with Crippen LogP contribution in [0.1, 0.15) is 47.0 Å². The fourth-order valence-corrected chi connectivity index (χ4v) is 1.54. The summed E-state index contributed by atoms with van der Waals surface area (Å²) in [4.78, 5) is 22.7. The first-order chi connectivity index (χ1) is 7.43. The molecule has 0 bridgehead atoms. The highest BCUT2D eigenvalue weighted by molar-refractivity contribution is 5.84. The summed E-state index contributed by atoms with van der Waals surface area (Å²) >= 11 is 0. The van der Waals surface area contributed by atoms with Crippen molar-refractivity contribution >= 4 is 11.9 Å². The van der Waals surface area contributed by atoms with Crippen molar-refractivity contribution < 1.29 is 14.7 Å². The van der Waals surface area contributed by atoms with Crippen LogP contribution in [0.5, 0.6) is 0 Å². The van der Waals surface area contributed by atoms with E-state index in [0.29, 0.717) is 0 Å². The van der Waals surface area contributed by atoms with Crippen LogP contribution in [-0.4, -0.2) is 23.0 Å². The zero-order valence-corrected chi connectivity index (χ0v) is 10.6. The van der Waals surface area contributed by atoms with E-state index in [9.17, 15) is 9.59 Å². The number of aliphatic carboxylic acids is 1. The van der Waals surface area contributed by atoms with Crippen LogP contribution in [0.15, 0.2) is 0 Å². The fourth-order valence-electron chi connectivity index (χ4n) is 1.54. The van der Waals surface area contributed by atoms with Crippen molar-refractivity contribution in [3.05, 3.63) is 0 Å². The van der Waals surface area contributed by atoms with Gasteiger partial charge in [0.05, 0.1) is 0 Å². The molecule has 0 aliphatic heterocycles. The molecular formula is C12H23NO3. The Morgan fingerprint density at radius 1 is 1.25 bits per heavy atom. The maximum Gasteiger partial charge on any atom is 0.326 e. The van der Waals surface area contributed by atoms with E-state index in [1.54, 1.807) is 0 Å². The SMILES string of the molecule is CCCC(C)C(=O)NC(C(=O)O)C(C)CC. The summed E-state index contributed by atoms with van der Waals surface area (Å²) in [6, 6.07) is -0.767. The summed E-state index contributed by atoms with van der Waals surface area (Å²) in [6.45, 7) is 7.59. The number of carboxylic acids is 1. The summed E-state index contributed by atoms with van der Waals surface area (Å²) in [6.07, 6.45) is 2.45. The van der Waals surface area contributed by atoms with Gasteiger partial charge in [0.1, 0.15) is 6.04 Å². The van der Waals surface area contributed by atoms with Crippen molar-refractivity contribution in [3.8, 4) is 0 Å². The van der Waals surface area contributed by atoms with Crippen LogP contribution in [0.3, 0.4) is 0 Å². The molecule has 0 rings (SSSR count). The molecule has 0 aliphatic carbocycles. The Balaban J connectivity index is 4.40. The fraction of sp³-hybridized carbons (Fsp3) is 0.833. The maximum atomic E-state index is 11.7. The summed E-state index contributed by atoms with van der Waals surface area (Å²) in [7, 11) is 0. The number of rotatable bonds is 7. The third kappa shape index (κ3) is 4.64. The van der Waals surface area contributed by atoms with Gasteiger partial charge in [0.2, 0.25) is 5.91 Å². The van der Waals surface area contributed by atoms with Gasteiger partial charge in [0, 0.05) is 5.92 Å². The first-order valence-electron chi connectivity index (χ1n) is 5.97. The molecule has 3 atom stereocenters. The molecule has 94 valence electrons. The van der Waals surface area contributed by atoms with Crippen LogP contribution < -0.4 is 5.32 Å². The van der Waals surface area contributed by atoms with Gasteiger partial charge >= 0.3 is 5.97 Å². The number of carbonyl (C=O) groups excluding carboxylic acids is 1. The van der Waals surface area contributed by atoms with Crippen LogP contribution in [0.4, 0.5) is 0 Å². The normalized spacial score (nSPS) is 16.2. The molecule has 4 heteroatoms. The predicted molar refractivity (Wildman–Crippen MR) is 63.1 cm³/mol. The molecule has 0 aromatic rings. The molecule has 4 nitrogen and oxygen atoms in total. The van der Waals surface area contributed by atoms with Gasteiger partial charge in [-0.05, 0) is 12.3 Å². The molecule has 0 aromatic carbocycles. The van der Waals surface area contributed by atoms with Gasteiger partial charge in [-0.15, -0.1) is 0 Å². The summed E-state index contributed by atoms with van der Waals surface area (Å²) in [5.41, 5.74) is 0. The number of hydrogen-bond acceptors (Lipinski definition) is 2. The largest absolute Gasteiger partial charge is 0.480 e. The molecule has 1 amide bonds. The maximum absolute atomic E-state index is 11.7. The minimum atomic E-state index is -0.952. The minimum absolute atomic E-state index is 0.0460. The Kier molecular flexibility index (Phi) is 6.77. The molecule has 0 fully saturated rings. The zero-order chi connectivity index (χ0) is 12.7. The Bertz CT molecular complexity index is 240. The molecule has 16 heavy (non-hydrogen) atoms. The van der Waals surface area contributed by atoms with Crippen LogP contribution in [0, 0.1) is 11.8 Å². The van der Waals surface area contributed by atoms with Gasteiger partial charge in [-0.3, -0.25) is 4.79 Å². The molecule has 0 aliphatic rings. The first kappa shape index (κ1) is 14.9. The van der Waals surface area contributed by atoms with E-state index < -0.39 is 12.0 Å². The summed E-state index contributed by atoms with van der Waals surface area (Å²) in [5, 5.41) is 11.6. The number of carboxylic acid groups (broad SMARTS) is 1. The van der Waals surface area contributed by atoms with Gasteiger partial charge in [0.15, 0.2) is 0 Å². The number of hydrogen-bond donors (Lipinski definition) is 2. The lowest BCUT2D eigenvalue weighted by molar-refractivity contribution is -0.144. The second-order valence-corrected chi connectivity index (χ2v) is 4.40. The van der Waals surface area contributed by atoms with Crippen LogP contribution in [0.25, 0.3) is 0 Å². The van der Waals surface area contributed by atoms with Crippen LogP contribution >= 0.6 is 0 Å². The predicted octanol–water partition coefficient (Wildman–Crippen LogP) is 2.04. The highest BCUT2D eigenvalue weighted by Crippen LogP contribution is 2.11. The highest BCUT2D eigenvalue weighted by Gasteiger charge is 2.26. The monoisotopic (exact) mass is 229 g/mol. The highest BCUT2D eigenvalue weighted by atomic mass is 16.4. The molecule has 0 aromatic heterocycles. The van der Waals surface area contributed by atoms with E-state index in [1.807, 2.05) is 27.7 Å². The van der Waals surface area contributed by atoms with Crippen molar-refractivity contribution in [2.24, 2.45) is 11.8 Å². The Labute approximate surface area is 97.4 Å². The van der Waals surface area contributed by atoms with E-state index in [0.717, 1.165) is 19.3 Å². The van der Waals surface area contributed by atoms with Gasteiger partial charge in [-0.1, -0.05) is 40.5 Å². The lowest BCUT2D eigenvalue weighted by Gasteiger charge is -2.22. The topological polar surface area (TPSA) is 66.4 Å². The Morgan fingerprint density at radius 3 is 2.19 bits per heavy atom. The minimum Gasteiger partial charge on any atom is -0.480 e. The molecule has 2 N–H and O–H groups in total. The Morgan fingerprint density at radius 2 is 1.81 bits per heavy atom. The second-order valence-electron chi connectivity index (χ2n) is 4.40. The third-order valence-electron chi connectivity index (χ3n) is 2.95. The summed E-state index contributed by atoms with van der Waals surface area (Å²) < 4.78 is 0. The summed E-state index contributed by atoms with van der Waals surface area (Å²) in [5.74, 6) is -1.27. The van der Waals surface area contributed by atoms with Gasteiger partial charge < -0.3 is 10.4 Å². The molecule has 0 heterocycles. The lowest BCUT2D eigenvalue weighted by Crippen LogP contribution is -2.46. The van der Waals surface area contributed by atoms with Gasteiger partial charge in [-0.25, -0.2) is 4.79 Å². The number of carbonyl (C=O) groups is 2. The molecule has 0 spiro atoms. The quantitative estimate of drug-likeness (QED) is 0.702. The van der Waals surface area contributed by atoms with Gasteiger partial charge in [0.25, 0.3) is 0 Å². The van der Waals surface area contributed by atoms with Crippen LogP contribution in [-0.2, 0) is 9.59 Å². The Hall–Kier alpha value is -1.06. The van der Waals surface area contributed by atoms with Crippen molar-refractivity contribution in [1.82, 2.24) is 5.32 Å². The third-order valence-corrected chi connectivity index (χ3v) is 2.95. The molecular weight excluding hydrogens is 206 g/mol. The first-order valence-corrected chi connectivity index (χ1v) is 5.97. The second kappa shape index (κ2) is 7.25. The molecule has 3 unspecified atom stereocenters. The number of nitrogens with one attached hydrogen (secondary N) is 1. The van der Waals surface area contributed by atoms with Crippen LogP contribution in [0.2, 0.25) is 0 Å². The molecule has 0 saturated carbocycles. The van der Waals surface area contributed by atoms with E-state index in [1.165, 1.54) is 0 Å². The van der Waals surface area contributed by atoms with E-state index >= 15 is 0 Å². The van der Waals surface area contributed by atoms with E-state index in [-0.39, 0.29) is 17.7 Å². The van der Waals surface area contributed by atoms with Crippen molar-refractivity contribution in [1.29, 1.82) is 0 Å². The van der Waals surface area contributed by atoms with E-state index in [2.05, 4.69) is 5.32 Å². The molecule has 0 saturated heterocycles. The van der Waals surface area contributed by atoms with Crippen molar-refractivity contribution in [2.45, 2.75) is 53.0 Å². The lowest BCUT2D eigenvalue weighted by atomic mass is 9.97. The van der Waals surface area contributed by atoms with Crippen molar-refractivity contribution in [3.63, 3.8) is 0 Å². The zero-order valence-electron chi connectivity index (χ0n) is 10.6. The average molecular weight is 229 g/mol. The number of amides is 1. The molecule has 0 radical (unpaired) electrons. The van der Waals surface area contributed by atoms with E-state index in [4.69, 9.17) is 5.11 Å². The average Bonchev–Trinajstić information content (AvgIpc) is 2.24.